The van der Waals surface area contributed by atoms with Crippen molar-refractivity contribution in [3.8, 4) is 5.82 Å². The number of pyridine rings is 1. The van der Waals surface area contributed by atoms with Gasteiger partial charge in [0.05, 0.1) is 6.26 Å². The van der Waals surface area contributed by atoms with E-state index in [1.54, 1.807) is 46.5 Å². The van der Waals surface area contributed by atoms with Crippen LogP contribution >= 0.6 is 0 Å². The smallest absolute Gasteiger partial charge is 0.254 e. The number of likely N-dealkylation sites (tertiary alicyclic amines) is 1. The molecule has 1 saturated heterocycles. The third kappa shape index (κ3) is 3.98. The molecule has 2 aromatic heterocycles. The normalized spacial score (nSPS) is 18.5. The zero-order valence-corrected chi connectivity index (χ0v) is 14.1. The fraction of sp³-hybridized carbons (Fsp3) is 0.400. The van der Waals surface area contributed by atoms with Gasteiger partial charge in [-0.2, -0.15) is 0 Å². The molecule has 0 unspecified atom stereocenters. The highest BCUT2D eigenvalue weighted by molar-refractivity contribution is 7.88. The molecule has 1 amide bonds. The van der Waals surface area contributed by atoms with Crippen LogP contribution in [0.3, 0.4) is 0 Å². The number of sulfonamides is 1. The molecule has 24 heavy (non-hydrogen) atoms. The summed E-state index contributed by atoms with van der Waals surface area (Å²) in [4.78, 5) is 22.6. The highest BCUT2D eigenvalue weighted by atomic mass is 32.2. The highest BCUT2D eigenvalue weighted by Crippen LogP contribution is 2.15. The Morgan fingerprint density at radius 1 is 1.38 bits per heavy atom. The van der Waals surface area contributed by atoms with Gasteiger partial charge in [-0.1, -0.05) is 0 Å². The lowest BCUT2D eigenvalue weighted by Gasteiger charge is -2.32. The van der Waals surface area contributed by atoms with Crippen molar-refractivity contribution in [1.82, 2.24) is 24.2 Å². The van der Waals surface area contributed by atoms with Gasteiger partial charge in [-0.3, -0.25) is 9.36 Å². The number of piperidine rings is 1. The SMILES string of the molecule is CS(=O)(=O)N[C@@H]1CCCN(C(=O)c2ccnc(-n3ccnc3)c2)C1. The van der Waals surface area contributed by atoms with E-state index < -0.39 is 10.0 Å². The molecule has 3 heterocycles. The molecule has 0 saturated carbocycles. The van der Waals surface area contributed by atoms with Crippen LogP contribution in [0.25, 0.3) is 5.82 Å². The van der Waals surface area contributed by atoms with E-state index in [1.165, 1.54) is 0 Å². The summed E-state index contributed by atoms with van der Waals surface area (Å²) in [5.41, 5.74) is 0.522. The molecule has 0 bridgehead atoms. The first-order valence-electron chi connectivity index (χ1n) is 7.63. The number of aromatic nitrogens is 3. The number of carbonyl (C=O) groups excluding carboxylic acids is 1. The standard InChI is InChI=1S/C15H19N5O3S/c1-24(22,23)18-13-3-2-7-19(10-13)15(21)12-4-5-17-14(9-12)20-8-6-16-11-20/h4-6,8-9,11,13,18H,2-3,7,10H2,1H3/t13-/m1/s1. The average molecular weight is 349 g/mol. The zero-order chi connectivity index (χ0) is 17.2. The number of nitrogens with zero attached hydrogens (tertiary/aromatic N) is 4. The maximum Gasteiger partial charge on any atom is 0.254 e. The van der Waals surface area contributed by atoms with Gasteiger partial charge in [0.15, 0.2) is 0 Å². The molecule has 0 aromatic carbocycles. The number of carbonyl (C=O) groups is 1. The molecule has 1 N–H and O–H groups in total. The molecule has 0 spiro atoms. The minimum atomic E-state index is -3.28. The molecule has 128 valence electrons. The molecular formula is C15H19N5O3S. The molecule has 1 atom stereocenters. The van der Waals surface area contributed by atoms with Gasteiger partial charge in [-0.05, 0) is 25.0 Å². The van der Waals surface area contributed by atoms with Crippen LogP contribution in [-0.4, -0.2) is 59.1 Å². The highest BCUT2D eigenvalue weighted by Gasteiger charge is 2.26. The largest absolute Gasteiger partial charge is 0.337 e. The lowest BCUT2D eigenvalue weighted by molar-refractivity contribution is 0.0703. The molecule has 0 radical (unpaired) electrons. The Bertz CT molecular complexity index is 819. The van der Waals surface area contributed by atoms with Crippen molar-refractivity contribution in [3.63, 3.8) is 0 Å². The van der Waals surface area contributed by atoms with Crippen LogP contribution in [0.5, 0.6) is 0 Å². The second-order valence-corrected chi connectivity index (χ2v) is 7.63. The van der Waals surface area contributed by atoms with Gasteiger partial charge in [-0.25, -0.2) is 23.1 Å². The maximum absolute atomic E-state index is 12.7. The number of imidazole rings is 1. The number of hydrogen-bond acceptors (Lipinski definition) is 5. The molecule has 2 aromatic rings. The summed E-state index contributed by atoms with van der Waals surface area (Å²) in [6, 6.07) is 3.13. The van der Waals surface area contributed by atoms with Crippen molar-refractivity contribution in [2.24, 2.45) is 0 Å². The summed E-state index contributed by atoms with van der Waals surface area (Å²) in [6.07, 6.45) is 9.22. The van der Waals surface area contributed by atoms with Gasteiger partial charge >= 0.3 is 0 Å². The zero-order valence-electron chi connectivity index (χ0n) is 13.3. The van der Waals surface area contributed by atoms with E-state index in [9.17, 15) is 13.2 Å². The van der Waals surface area contributed by atoms with Crippen LogP contribution in [-0.2, 0) is 10.0 Å². The Kier molecular flexibility index (Phi) is 4.63. The fourth-order valence-electron chi connectivity index (χ4n) is 2.83. The second-order valence-electron chi connectivity index (χ2n) is 5.85. The first-order valence-corrected chi connectivity index (χ1v) is 9.52. The number of hydrogen-bond donors (Lipinski definition) is 1. The van der Waals surface area contributed by atoms with Gasteiger partial charge in [-0.15, -0.1) is 0 Å². The van der Waals surface area contributed by atoms with Gasteiger partial charge in [0, 0.05) is 43.3 Å². The minimum Gasteiger partial charge on any atom is -0.337 e. The minimum absolute atomic E-state index is 0.126. The number of amides is 1. The fourth-order valence-corrected chi connectivity index (χ4v) is 3.63. The summed E-state index contributed by atoms with van der Waals surface area (Å²) in [5.74, 6) is 0.486. The van der Waals surface area contributed by atoms with Gasteiger partial charge < -0.3 is 4.90 Å². The van der Waals surface area contributed by atoms with Crippen LogP contribution in [0.2, 0.25) is 0 Å². The van der Waals surface area contributed by atoms with Crippen molar-refractivity contribution >= 4 is 15.9 Å². The Morgan fingerprint density at radius 3 is 2.92 bits per heavy atom. The van der Waals surface area contributed by atoms with Crippen LogP contribution in [0.15, 0.2) is 37.1 Å². The summed E-state index contributed by atoms with van der Waals surface area (Å²) < 4.78 is 27.1. The Hall–Kier alpha value is -2.26. The predicted octanol–water partition coefficient (Wildman–Crippen LogP) is 0.421. The first kappa shape index (κ1) is 16.6. The van der Waals surface area contributed by atoms with E-state index in [2.05, 4.69) is 14.7 Å². The third-order valence-electron chi connectivity index (χ3n) is 3.85. The molecule has 1 aliphatic heterocycles. The lowest BCUT2D eigenvalue weighted by atomic mass is 10.1. The van der Waals surface area contributed by atoms with Crippen molar-refractivity contribution in [2.45, 2.75) is 18.9 Å². The van der Waals surface area contributed by atoms with Crippen LogP contribution < -0.4 is 4.72 Å². The number of rotatable bonds is 4. The summed E-state index contributed by atoms with van der Waals surface area (Å²) in [5, 5.41) is 0. The third-order valence-corrected chi connectivity index (χ3v) is 4.61. The topological polar surface area (TPSA) is 97.2 Å². The number of nitrogens with one attached hydrogen (secondary N) is 1. The maximum atomic E-state index is 12.7. The Labute approximate surface area is 140 Å². The van der Waals surface area contributed by atoms with Crippen LogP contribution in [0.1, 0.15) is 23.2 Å². The molecule has 0 aliphatic carbocycles. The van der Waals surface area contributed by atoms with E-state index >= 15 is 0 Å². The van der Waals surface area contributed by atoms with Crippen LogP contribution in [0.4, 0.5) is 0 Å². The van der Waals surface area contributed by atoms with Crippen molar-refractivity contribution in [2.75, 3.05) is 19.3 Å². The molecule has 3 rings (SSSR count). The summed E-state index contributed by atoms with van der Waals surface area (Å²) >= 11 is 0. The Balaban J connectivity index is 1.75. The molecule has 1 fully saturated rings. The quantitative estimate of drug-likeness (QED) is 0.863. The van der Waals surface area contributed by atoms with E-state index in [1.807, 2.05) is 0 Å². The van der Waals surface area contributed by atoms with E-state index in [-0.39, 0.29) is 11.9 Å². The van der Waals surface area contributed by atoms with E-state index in [4.69, 9.17) is 0 Å². The molecule has 8 nitrogen and oxygen atoms in total. The van der Waals surface area contributed by atoms with Crippen molar-refractivity contribution < 1.29 is 13.2 Å². The monoisotopic (exact) mass is 349 g/mol. The van der Waals surface area contributed by atoms with Crippen molar-refractivity contribution in [3.05, 3.63) is 42.6 Å². The van der Waals surface area contributed by atoms with E-state index in [0.717, 1.165) is 19.1 Å². The molecular weight excluding hydrogens is 330 g/mol. The van der Waals surface area contributed by atoms with E-state index in [0.29, 0.717) is 24.5 Å². The average Bonchev–Trinajstić information content (AvgIpc) is 3.07. The molecule has 1 aliphatic rings. The predicted molar refractivity (Wildman–Crippen MR) is 88.3 cm³/mol. The van der Waals surface area contributed by atoms with Gasteiger partial charge in [0.1, 0.15) is 12.1 Å². The molecule has 9 heteroatoms. The van der Waals surface area contributed by atoms with Crippen molar-refractivity contribution in [1.29, 1.82) is 0 Å². The summed E-state index contributed by atoms with van der Waals surface area (Å²) in [7, 11) is -3.28. The second kappa shape index (κ2) is 6.70. The first-order chi connectivity index (χ1) is 11.4. The Morgan fingerprint density at radius 2 is 2.21 bits per heavy atom. The van der Waals surface area contributed by atoms with Gasteiger partial charge in [0.2, 0.25) is 10.0 Å². The van der Waals surface area contributed by atoms with Crippen LogP contribution in [0, 0.1) is 0 Å². The lowest BCUT2D eigenvalue weighted by Crippen LogP contribution is -2.49. The van der Waals surface area contributed by atoms with Gasteiger partial charge in [0.25, 0.3) is 5.91 Å². The summed E-state index contributed by atoms with van der Waals surface area (Å²) in [6.45, 7) is 0.984.